The molecule has 1 saturated heterocycles. The Morgan fingerprint density at radius 1 is 1.27 bits per heavy atom. The number of rotatable bonds is 4. The van der Waals surface area contributed by atoms with Crippen molar-refractivity contribution >= 4 is 16.7 Å². The molecule has 1 amide bonds. The minimum absolute atomic E-state index is 0.0229. The first-order chi connectivity index (χ1) is 10.7. The van der Waals surface area contributed by atoms with Crippen molar-refractivity contribution < 1.29 is 9.90 Å². The highest BCUT2D eigenvalue weighted by molar-refractivity contribution is 5.86. The van der Waals surface area contributed by atoms with Crippen LogP contribution in [0.3, 0.4) is 0 Å². The third kappa shape index (κ3) is 2.98. The molecule has 0 saturated carbocycles. The van der Waals surface area contributed by atoms with Crippen molar-refractivity contribution in [3.8, 4) is 0 Å². The predicted octanol–water partition coefficient (Wildman–Crippen LogP) is 1.56. The zero-order valence-electron chi connectivity index (χ0n) is 12.8. The highest BCUT2D eigenvalue weighted by Gasteiger charge is 2.32. The Hall–Kier alpha value is -1.91. The number of likely N-dealkylation sites (N-methyl/N-ethyl adjacent to an activating group) is 1. The van der Waals surface area contributed by atoms with Crippen LogP contribution in [0.15, 0.2) is 42.5 Å². The molecule has 1 heterocycles. The van der Waals surface area contributed by atoms with E-state index in [4.69, 9.17) is 0 Å². The van der Waals surface area contributed by atoms with E-state index in [0.29, 0.717) is 19.5 Å². The molecule has 4 heteroatoms. The number of carbonyl (C=O) groups excluding carboxylic acids is 1. The van der Waals surface area contributed by atoms with Crippen LogP contribution in [0.4, 0.5) is 0 Å². The Balaban J connectivity index is 1.67. The second kappa shape index (κ2) is 6.46. The zero-order chi connectivity index (χ0) is 15.5. The Labute approximate surface area is 130 Å². The number of benzene rings is 2. The maximum Gasteiger partial charge on any atom is 0.242 e. The van der Waals surface area contributed by atoms with Crippen LogP contribution in [0.1, 0.15) is 12.0 Å². The number of aliphatic hydroxyl groups excluding tert-OH is 1. The third-order valence-electron chi connectivity index (χ3n) is 4.43. The lowest BCUT2D eigenvalue weighted by Crippen LogP contribution is -2.47. The van der Waals surface area contributed by atoms with Crippen LogP contribution in [0, 0.1) is 0 Å². The highest BCUT2D eigenvalue weighted by Crippen LogP contribution is 2.19. The molecule has 1 aliphatic rings. The second-order valence-electron chi connectivity index (χ2n) is 5.94. The van der Waals surface area contributed by atoms with Crippen molar-refractivity contribution in [3.05, 3.63) is 48.0 Å². The number of amides is 1. The monoisotopic (exact) mass is 298 g/mol. The van der Waals surface area contributed by atoms with E-state index >= 15 is 0 Å². The molecular formula is C18H22N2O2. The van der Waals surface area contributed by atoms with Gasteiger partial charge in [0.1, 0.15) is 6.04 Å². The van der Waals surface area contributed by atoms with Gasteiger partial charge in [-0.25, -0.2) is 0 Å². The van der Waals surface area contributed by atoms with E-state index in [0.717, 1.165) is 6.42 Å². The molecule has 2 aromatic rings. The Bertz CT molecular complexity index is 666. The van der Waals surface area contributed by atoms with Crippen molar-refractivity contribution in [2.45, 2.75) is 25.0 Å². The van der Waals surface area contributed by atoms with Gasteiger partial charge >= 0.3 is 0 Å². The van der Waals surface area contributed by atoms with Crippen LogP contribution in [0.5, 0.6) is 0 Å². The molecule has 1 fully saturated rings. The Morgan fingerprint density at radius 2 is 2.05 bits per heavy atom. The minimum atomic E-state index is -0.562. The number of hydrogen-bond acceptors (Lipinski definition) is 3. The smallest absolute Gasteiger partial charge is 0.242 e. The summed E-state index contributed by atoms with van der Waals surface area (Å²) in [5, 5.41) is 15.4. The average molecular weight is 298 g/mol. The summed E-state index contributed by atoms with van der Waals surface area (Å²) in [5.41, 5.74) is 1.25. The van der Waals surface area contributed by atoms with E-state index in [-0.39, 0.29) is 5.91 Å². The first-order valence-corrected chi connectivity index (χ1v) is 7.80. The number of aliphatic hydroxyl groups is 1. The van der Waals surface area contributed by atoms with Gasteiger partial charge in [-0.2, -0.15) is 0 Å². The van der Waals surface area contributed by atoms with E-state index in [2.05, 4.69) is 35.6 Å². The summed E-state index contributed by atoms with van der Waals surface area (Å²) in [6.45, 7) is 1.35. The summed E-state index contributed by atoms with van der Waals surface area (Å²) < 4.78 is 0. The Kier molecular flexibility index (Phi) is 4.41. The van der Waals surface area contributed by atoms with Gasteiger partial charge in [0.2, 0.25) is 5.91 Å². The number of hydrogen-bond donors (Lipinski definition) is 2. The van der Waals surface area contributed by atoms with Crippen LogP contribution < -0.4 is 5.32 Å². The predicted molar refractivity (Wildman–Crippen MR) is 87.7 cm³/mol. The molecule has 4 nitrogen and oxygen atoms in total. The maximum atomic E-state index is 12.3. The number of carbonyl (C=O) groups is 1. The van der Waals surface area contributed by atoms with Gasteiger partial charge in [0.25, 0.3) is 0 Å². The summed E-state index contributed by atoms with van der Waals surface area (Å²) in [7, 11) is 1.81. The van der Waals surface area contributed by atoms with Crippen LogP contribution >= 0.6 is 0 Å². The van der Waals surface area contributed by atoms with E-state index in [9.17, 15) is 9.90 Å². The van der Waals surface area contributed by atoms with E-state index < -0.39 is 12.1 Å². The van der Waals surface area contributed by atoms with Crippen LogP contribution in [0.25, 0.3) is 10.8 Å². The standard InChI is InChI=1S/C18H22N2O2/c1-20(18(22)17-16(21)9-11-19-17)12-10-14-7-4-6-13-5-2-3-8-15(13)14/h2-8,16-17,19,21H,9-12H2,1H3/t16?,17-/m0/s1. The van der Waals surface area contributed by atoms with Crippen molar-refractivity contribution in [2.75, 3.05) is 20.1 Å². The molecule has 22 heavy (non-hydrogen) atoms. The fourth-order valence-electron chi connectivity index (χ4n) is 3.09. The molecule has 0 bridgehead atoms. The van der Waals surface area contributed by atoms with Gasteiger partial charge < -0.3 is 15.3 Å². The summed E-state index contributed by atoms with van der Waals surface area (Å²) >= 11 is 0. The van der Waals surface area contributed by atoms with Gasteiger partial charge in [-0.05, 0) is 35.7 Å². The summed E-state index contributed by atoms with van der Waals surface area (Å²) in [4.78, 5) is 14.1. The number of nitrogens with zero attached hydrogens (tertiary/aromatic N) is 1. The number of fused-ring (bicyclic) bond motifs is 1. The quantitative estimate of drug-likeness (QED) is 0.901. The highest BCUT2D eigenvalue weighted by atomic mass is 16.3. The van der Waals surface area contributed by atoms with E-state index in [1.807, 2.05) is 12.1 Å². The molecule has 3 rings (SSSR count). The molecule has 1 aliphatic heterocycles. The van der Waals surface area contributed by atoms with Crippen molar-refractivity contribution in [3.63, 3.8) is 0 Å². The SMILES string of the molecule is CN(CCc1cccc2ccccc12)C(=O)[C@H]1NCCC1O. The fraction of sp³-hybridized carbons (Fsp3) is 0.389. The molecule has 2 aromatic carbocycles. The van der Waals surface area contributed by atoms with Crippen molar-refractivity contribution in [1.29, 1.82) is 0 Å². The maximum absolute atomic E-state index is 12.3. The summed E-state index contributed by atoms with van der Waals surface area (Å²) in [5.74, 6) is -0.0229. The molecule has 2 N–H and O–H groups in total. The van der Waals surface area contributed by atoms with Crippen LogP contribution in [-0.4, -0.2) is 48.2 Å². The average Bonchev–Trinajstić information content (AvgIpc) is 2.97. The molecule has 0 aromatic heterocycles. The van der Waals surface area contributed by atoms with Crippen molar-refractivity contribution in [2.24, 2.45) is 0 Å². The van der Waals surface area contributed by atoms with Crippen LogP contribution in [-0.2, 0) is 11.2 Å². The lowest BCUT2D eigenvalue weighted by molar-refractivity contribution is -0.133. The van der Waals surface area contributed by atoms with Gasteiger partial charge in [0.15, 0.2) is 0 Å². The van der Waals surface area contributed by atoms with Crippen LogP contribution in [0.2, 0.25) is 0 Å². The Morgan fingerprint density at radius 3 is 2.82 bits per heavy atom. The van der Waals surface area contributed by atoms with Gasteiger partial charge in [-0.3, -0.25) is 4.79 Å². The van der Waals surface area contributed by atoms with Gasteiger partial charge in [-0.15, -0.1) is 0 Å². The zero-order valence-corrected chi connectivity index (χ0v) is 12.8. The molecule has 1 unspecified atom stereocenters. The van der Waals surface area contributed by atoms with Crippen molar-refractivity contribution in [1.82, 2.24) is 10.2 Å². The van der Waals surface area contributed by atoms with Gasteiger partial charge in [-0.1, -0.05) is 42.5 Å². The second-order valence-corrected chi connectivity index (χ2v) is 5.94. The van der Waals surface area contributed by atoms with E-state index in [1.54, 1.807) is 11.9 Å². The first-order valence-electron chi connectivity index (χ1n) is 7.80. The molecule has 116 valence electrons. The molecule has 0 radical (unpaired) electrons. The fourth-order valence-corrected chi connectivity index (χ4v) is 3.09. The topological polar surface area (TPSA) is 52.6 Å². The summed E-state index contributed by atoms with van der Waals surface area (Å²) in [6.07, 6.45) is 0.896. The lowest BCUT2D eigenvalue weighted by Gasteiger charge is -2.23. The first kappa shape index (κ1) is 15.0. The van der Waals surface area contributed by atoms with E-state index in [1.165, 1.54) is 16.3 Å². The molecule has 0 spiro atoms. The number of nitrogens with one attached hydrogen (secondary N) is 1. The largest absolute Gasteiger partial charge is 0.391 e. The molecule has 0 aliphatic carbocycles. The molecular weight excluding hydrogens is 276 g/mol. The molecule has 2 atom stereocenters. The van der Waals surface area contributed by atoms with Gasteiger partial charge in [0, 0.05) is 13.6 Å². The third-order valence-corrected chi connectivity index (χ3v) is 4.43. The normalized spacial score (nSPS) is 21.2. The summed E-state index contributed by atoms with van der Waals surface area (Å²) in [6, 6.07) is 14.1. The minimum Gasteiger partial charge on any atom is -0.391 e. The lowest BCUT2D eigenvalue weighted by atomic mass is 10.0. The van der Waals surface area contributed by atoms with Gasteiger partial charge in [0.05, 0.1) is 6.10 Å².